The van der Waals surface area contributed by atoms with Crippen LogP contribution in [0.5, 0.6) is 0 Å². The van der Waals surface area contributed by atoms with E-state index in [-0.39, 0.29) is 24.5 Å². The lowest BCUT2D eigenvalue weighted by Gasteiger charge is -2.25. The molecule has 28 heavy (non-hydrogen) atoms. The number of fused-ring (bicyclic) bond motifs is 1. The van der Waals surface area contributed by atoms with Crippen molar-refractivity contribution in [1.82, 2.24) is 4.57 Å². The van der Waals surface area contributed by atoms with Gasteiger partial charge in [-0.15, -0.1) is 0 Å². The molecule has 0 aliphatic carbocycles. The number of anilines is 1. The molecule has 0 fully saturated rings. The summed E-state index contributed by atoms with van der Waals surface area (Å²) in [5, 5.41) is 14.3. The van der Waals surface area contributed by atoms with Crippen LogP contribution < -0.4 is 10.9 Å². The molecule has 146 valence electrons. The highest BCUT2D eigenvalue weighted by Gasteiger charge is 2.21. The topological polar surface area (TPSA) is 71.3 Å². The molecule has 3 rings (SSSR count). The van der Waals surface area contributed by atoms with Gasteiger partial charge in [0.15, 0.2) is 0 Å². The molecule has 0 saturated carbocycles. The Labute approximate surface area is 172 Å². The van der Waals surface area contributed by atoms with Gasteiger partial charge in [0.05, 0.1) is 28.6 Å². The zero-order chi connectivity index (χ0) is 20.5. The lowest BCUT2D eigenvalue weighted by molar-refractivity contribution is -0.115. The largest absolute Gasteiger partial charge is 0.394 e. The number of aliphatic hydroxyl groups excluding tert-OH is 1. The van der Waals surface area contributed by atoms with E-state index in [1.54, 1.807) is 62.5 Å². The molecule has 0 radical (unpaired) electrons. The second kappa shape index (κ2) is 7.95. The van der Waals surface area contributed by atoms with Gasteiger partial charge in [0.1, 0.15) is 0 Å². The van der Waals surface area contributed by atoms with E-state index in [9.17, 15) is 14.7 Å². The summed E-state index contributed by atoms with van der Waals surface area (Å²) in [5.41, 5.74) is 0.336. The molecular formula is C21H20Cl2N2O3. The zero-order valence-electron chi connectivity index (χ0n) is 15.5. The van der Waals surface area contributed by atoms with E-state index in [2.05, 4.69) is 5.32 Å². The molecule has 0 atom stereocenters. The lowest BCUT2D eigenvalue weighted by atomic mass is 10.0. The number of nitrogens with zero attached hydrogens (tertiary/aromatic N) is 1. The van der Waals surface area contributed by atoms with Crippen LogP contribution in [0.15, 0.2) is 53.5 Å². The van der Waals surface area contributed by atoms with Crippen LogP contribution >= 0.6 is 23.2 Å². The lowest BCUT2D eigenvalue weighted by Crippen LogP contribution is -2.38. The molecule has 0 aliphatic heterocycles. The predicted molar refractivity (Wildman–Crippen MR) is 113 cm³/mol. The van der Waals surface area contributed by atoms with E-state index in [0.29, 0.717) is 26.5 Å². The zero-order valence-corrected chi connectivity index (χ0v) is 17.0. The number of carbonyl (C=O) groups is 1. The van der Waals surface area contributed by atoms with Crippen molar-refractivity contribution in [2.24, 2.45) is 0 Å². The van der Waals surface area contributed by atoms with Crippen molar-refractivity contribution in [2.75, 3.05) is 11.9 Å². The predicted octanol–water partition coefficient (Wildman–Crippen LogP) is 4.22. The van der Waals surface area contributed by atoms with Crippen LogP contribution in [0.25, 0.3) is 10.8 Å². The molecular weight excluding hydrogens is 399 g/mol. The Morgan fingerprint density at radius 2 is 1.86 bits per heavy atom. The molecule has 1 amide bonds. The third-order valence-corrected chi connectivity index (χ3v) is 5.35. The highest BCUT2D eigenvalue weighted by atomic mass is 35.5. The summed E-state index contributed by atoms with van der Waals surface area (Å²) >= 11 is 11.9. The van der Waals surface area contributed by atoms with E-state index >= 15 is 0 Å². The quantitative estimate of drug-likeness (QED) is 0.651. The molecule has 0 spiro atoms. The summed E-state index contributed by atoms with van der Waals surface area (Å²) in [6.07, 6.45) is 1.76. The number of aliphatic hydroxyl groups is 1. The van der Waals surface area contributed by atoms with Crippen molar-refractivity contribution in [3.05, 3.63) is 74.6 Å². The number of pyridine rings is 1. The van der Waals surface area contributed by atoms with Crippen LogP contribution in [0.2, 0.25) is 10.0 Å². The maximum absolute atomic E-state index is 12.8. The number of halogens is 2. The van der Waals surface area contributed by atoms with Crippen molar-refractivity contribution in [2.45, 2.75) is 25.8 Å². The number of amides is 1. The Hall–Kier alpha value is -2.34. The Morgan fingerprint density at radius 1 is 1.11 bits per heavy atom. The van der Waals surface area contributed by atoms with Gasteiger partial charge in [0.2, 0.25) is 5.91 Å². The molecule has 1 heterocycles. The van der Waals surface area contributed by atoms with Crippen LogP contribution in [0.3, 0.4) is 0 Å². The average molecular weight is 419 g/mol. The third-order valence-electron chi connectivity index (χ3n) is 4.61. The van der Waals surface area contributed by atoms with Gasteiger partial charge in [-0.1, -0.05) is 35.3 Å². The molecule has 0 bridgehead atoms. The molecule has 2 N–H and O–H groups in total. The molecule has 7 heteroatoms. The average Bonchev–Trinajstić information content (AvgIpc) is 2.65. The number of aromatic nitrogens is 1. The Bertz CT molecular complexity index is 1110. The molecule has 2 aromatic carbocycles. The normalized spacial score (nSPS) is 11.6. The van der Waals surface area contributed by atoms with Gasteiger partial charge in [-0.05, 0) is 49.7 Å². The Balaban J connectivity index is 1.91. The first-order valence-electron chi connectivity index (χ1n) is 8.72. The van der Waals surface area contributed by atoms with Crippen molar-refractivity contribution in [1.29, 1.82) is 0 Å². The van der Waals surface area contributed by atoms with Crippen LogP contribution in [0.4, 0.5) is 5.69 Å². The van der Waals surface area contributed by atoms with Crippen LogP contribution in [-0.4, -0.2) is 22.2 Å². The first-order chi connectivity index (χ1) is 13.2. The van der Waals surface area contributed by atoms with Crippen molar-refractivity contribution in [3.8, 4) is 0 Å². The maximum atomic E-state index is 12.8. The Kier molecular flexibility index (Phi) is 5.79. The van der Waals surface area contributed by atoms with Crippen molar-refractivity contribution < 1.29 is 9.90 Å². The summed E-state index contributed by atoms with van der Waals surface area (Å²) in [4.78, 5) is 25.3. The summed E-state index contributed by atoms with van der Waals surface area (Å²) in [7, 11) is 0. The molecule has 1 aromatic heterocycles. The van der Waals surface area contributed by atoms with E-state index in [4.69, 9.17) is 23.2 Å². The highest BCUT2D eigenvalue weighted by Crippen LogP contribution is 2.25. The molecule has 3 aromatic rings. The van der Waals surface area contributed by atoms with Crippen LogP contribution in [0.1, 0.15) is 19.4 Å². The fourth-order valence-electron chi connectivity index (χ4n) is 2.97. The van der Waals surface area contributed by atoms with Gasteiger partial charge in [0.25, 0.3) is 5.56 Å². The number of hydrogen-bond donors (Lipinski definition) is 2. The second-order valence-corrected chi connectivity index (χ2v) is 8.02. The summed E-state index contributed by atoms with van der Waals surface area (Å²) in [6.45, 7) is 3.39. The maximum Gasteiger partial charge on any atom is 0.259 e. The number of nitrogens with one attached hydrogen (secondary N) is 1. The fraction of sp³-hybridized carbons (Fsp3) is 0.238. The SMILES string of the molecule is CC(C)(CO)n1ccc2c(NC(=O)Cc3ccc(Cl)c(Cl)c3)cccc2c1=O. The minimum absolute atomic E-state index is 0.127. The highest BCUT2D eigenvalue weighted by molar-refractivity contribution is 6.42. The molecule has 5 nitrogen and oxygen atoms in total. The van der Waals surface area contributed by atoms with Gasteiger partial charge in [-0.2, -0.15) is 0 Å². The number of benzene rings is 2. The van der Waals surface area contributed by atoms with Gasteiger partial charge < -0.3 is 15.0 Å². The fourth-order valence-corrected chi connectivity index (χ4v) is 3.29. The monoisotopic (exact) mass is 418 g/mol. The van der Waals surface area contributed by atoms with E-state index in [1.807, 2.05) is 0 Å². The smallest absolute Gasteiger partial charge is 0.259 e. The second-order valence-electron chi connectivity index (χ2n) is 7.20. The van der Waals surface area contributed by atoms with E-state index < -0.39 is 5.54 Å². The van der Waals surface area contributed by atoms with Crippen molar-refractivity contribution in [3.63, 3.8) is 0 Å². The standard InChI is InChI=1S/C21H20Cl2N2O3/c1-21(2,12-26)25-9-8-14-15(20(25)28)4-3-5-18(14)24-19(27)11-13-6-7-16(22)17(23)10-13/h3-10,26H,11-12H2,1-2H3,(H,24,27). The van der Waals surface area contributed by atoms with Gasteiger partial charge in [-0.25, -0.2) is 0 Å². The van der Waals surface area contributed by atoms with Gasteiger partial charge >= 0.3 is 0 Å². The summed E-state index contributed by atoms with van der Waals surface area (Å²) in [5.74, 6) is -0.231. The third kappa shape index (κ3) is 4.07. The number of hydrogen-bond acceptors (Lipinski definition) is 3. The Morgan fingerprint density at radius 3 is 2.54 bits per heavy atom. The molecule has 0 aliphatic rings. The first-order valence-corrected chi connectivity index (χ1v) is 9.48. The van der Waals surface area contributed by atoms with Gasteiger partial charge in [0, 0.05) is 22.7 Å². The minimum atomic E-state index is -0.724. The number of carbonyl (C=O) groups excluding carboxylic acids is 1. The van der Waals surface area contributed by atoms with E-state index in [0.717, 1.165) is 5.56 Å². The molecule has 0 saturated heterocycles. The van der Waals surface area contributed by atoms with E-state index in [1.165, 1.54) is 4.57 Å². The summed E-state index contributed by atoms with van der Waals surface area (Å²) in [6, 6.07) is 12.0. The molecule has 0 unspecified atom stereocenters. The van der Waals surface area contributed by atoms with Crippen molar-refractivity contribution >= 4 is 45.6 Å². The van der Waals surface area contributed by atoms with Gasteiger partial charge in [-0.3, -0.25) is 9.59 Å². The number of rotatable bonds is 5. The summed E-state index contributed by atoms with van der Waals surface area (Å²) < 4.78 is 1.50. The minimum Gasteiger partial charge on any atom is -0.394 e. The first kappa shape index (κ1) is 20.4. The van der Waals surface area contributed by atoms with Crippen LogP contribution in [0, 0.1) is 0 Å². The van der Waals surface area contributed by atoms with Crippen LogP contribution in [-0.2, 0) is 16.8 Å².